The molecule has 0 aliphatic heterocycles. The van der Waals surface area contributed by atoms with Gasteiger partial charge in [0.1, 0.15) is 0 Å². The van der Waals surface area contributed by atoms with Gasteiger partial charge < -0.3 is 15.0 Å². The van der Waals surface area contributed by atoms with Crippen molar-refractivity contribution in [2.24, 2.45) is 0 Å². The quantitative estimate of drug-likeness (QED) is 0.701. The van der Waals surface area contributed by atoms with Gasteiger partial charge in [0.25, 0.3) is 5.91 Å². The fourth-order valence-electron chi connectivity index (χ4n) is 2.26. The van der Waals surface area contributed by atoms with Crippen LogP contribution in [-0.4, -0.2) is 65.6 Å². The van der Waals surface area contributed by atoms with Gasteiger partial charge in [0.15, 0.2) is 5.69 Å². The summed E-state index contributed by atoms with van der Waals surface area (Å²) in [7, 11) is 3.15. The van der Waals surface area contributed by atoms with Gasteiger partial charge in [-0.1, -0.05) is 17.7 Å². The summed E-state index contributed by atoms with van der Waals surface area (Å²) in [6.07, 6.45) is 0.715. The number of aryl methyl sites for hydroxylation is 1. The van der Waals surface area contributed by atoms with Crippen LogP contribution in [0.15, 0.2) is 24.3 Å². The summed E-state index contributed by atoms with van der Waals surface area (Å²) in [6.45, 7) is 2.70. The Labute approximate surface area is 157 Å². The van der Waals surface area contributed by atoms with E-state index in [1.54, 1.807) is 45.3 Å². The normalized spacial score (nSPS) is 10.6. The number of benzene rings is 1. The van der Waals surface area contributed by atoms with Crippen molar-refractivity contribution in [2.75, 3.05) is 33.9 Å². The minimum absolute atomic E-state index is 0.0602. The summed E-state index contributed by atoms with van der Waals surface area (Å²) in [4.78, 5) is 27.1. The molecule has 0 aliphatic rings. The van der Waals surface area contributed by atoms with Gasteiger partial charge in [-0.3, -0.25) is 9.59 Å². The van der Waals surface area contributed by atoms with Crippen molar-refractivity contribution in [3.63, 3.8) is 0 Å². The van der Waals surface area contributed by atoms with Crippen LogP contribution in [0.3, 0.4) is 0 Å². The largest absolute Gasteiger partial charge is 0.385 e. The zero-order valence-electron chi connectivity index (χ0n) is 15.0. The maximum atomic E-state index is 12.6. The highest BCUT2D eigenvalue weighted by atomic mass is 35.5. The number of rotatable bonds is 8. The lowest BCUT2D eigenvalue weighted by molar-refractivity contribution is -0.121. The minimum Gasteiger partial charge on any atom is -0.385 e. The molecule has 2 rings (SSSR count). The van der Waals surface area contributed by atoms with Gasteiger partial charge in [-0.25, -0.2) is 0 Å². The number of nitrogens with zero attached hydrogens (tertiary/aromatic N) is 4. The van der Waals surface area contributed by atoms with Crippen molar-refractivity contribution in [3.8, 4) is 5.69 Å². The zero-order chi connectivity index (χ0) is 19.1. The number of hydrogen-bond acceptors (Lipinski definition) is 5. The first kappa shape index (κ1) is 19.9. The smallest absolute Gasteiger partial charge is 0.276 e. The van der Waals surface area contributed by atoms with E-state index >= 15 is 0 Å². The summed E-state index contributed by atoms with van der Waals surface area (Å²) in [5.74, 6) is -0.611. The van der Waals surface area contributed by atoms with Crippen LogP contribution in [-0.2, 0) is 9.53 Å². The summed E-state index contributed by atoms with van der Waals surface area (Å²) in [6, 6.07) is 7.01. The van der Waals surface area contributed by atoms with Crippen LogP contribution >= 0.6 is 11.6 Å². The Morgan fingerprint density at radius 3 is 2.81 bits per heavy atom. The van der Waals surface area contributed by atoms with E-state index in [4.69, 9.17) is 16.3 Å². The number of nitrogens with one attached hydrogen (secondary N) is 1. The molecule has 1 heterocycles. The molecular weight excluding hydrogens is 358 g/mol. The van der Waals surface area contributed by atoms with Gasteiger partial charge in [-0.05, 0) is 31.5 Å². The number of amides is 2. The maximum absolute atomic E-state index is 12.6. The fraction of sp³-hybridized carbons (Fsp3) is 0.412. The van der Waals surface area contributed by atoms with Crippen LogP contribution in [0, 0.1) is 6.92 Å². The van der Waals surface area contributed by atoms with Gasteiger partial charge >= 0.3 is 0 Å². The van der Waals surface area contributed by atoms with E-state index in [1.165, 1.54) is 9.70 Å². The highest BCUT2D eigenvalue weighted by molar-refractivity contribution is 6.30. The Bertz CT molecular complexity index is 778. The van der Waals surface area contributed by atoms with E-state index in [9.17, 15) is 9.59 Å². The lowest BCUT2D eigenvalue weighted by Gasteiger charge is -2.15. The van der Waals surface area contributed by atoms with Gasteiger partial charge in [-0.15, -0.1) is 5.10 Å². The molecular formula is C17H22ClN5O3. The average Bonchev–Trinajstić information content (AvgIpc) is 3.00. The first-order chi connectivity index (χ1) is 12.4. The Morgan fingerprint density at radius 2 is 2.12 bits per heavy atom. The molecule has 9 heteroatoms. The number of ether oxygens (including phenoxy) is 1. The molecule has 0 saturated heterocycles. The summed E-state index contributed by atoms with van der Waals surface area (Å²) in [5.41, 5.74) is 1.32. The molecule has 0 unspecified atom stereocenters. The maximum Gasteiger partial charge on any atom is 0.276 e. The van der Waals surface area contributed by atoms with Gasteiger partial charge in [-0.2, -0.15) is 9.90 Å². The van der Waals surface area contributed by atoms with Crippen molar-refractivity contribution in [2.45, 2.75) is 13.3 Å². The van der Waals surface area contributed by atoms with E-state index in [0.29, 0.717) is 36.0 Å². The number of methoxy groups -OCH3 is 1. The zero-order valence-corrected chi connectivity index (χ0v) is 15.8. The molecule has 0 fully saturated rings. The predicted octanol–water partition coefficient (Wildman–Crippen LogP) is 1.45. The number of aromatic nitrogens is 3. The van der Waals surface area contributed by atoms with Crippen LogP contribution in [0.4, 0.5) is 0 Å². The number of hydrogen-bond donors (Lipinski definition) is 1. The first-order valence-electron chi connectivity index (χ1n) is 8.13. The third kappa shape index (κ3) is 5.27. The molecule has 2 amide bonds. The number of halogens is 1. The molecule has 0 bridgehead atoms. The molecule has 0 radical (unpaired) electrons. The molecule has 2 aromatic rings. The van der Waals surface area contributed by atoms with Crippen LogP contribution in [0.5, 0.6) is 0 Å². The topological polar surface area (TPSA) is 89.4 Å². The number of carbonyl (C=O) groups is 2. The average molecular weight is 380 g/mol. The standard InChI is InChI=1S/C17H22ClN5O3/c1-12-16(21-23(20-12)14-7-4-6-13(18)10-14)17(25)22(2)11-15(24)19-8-5-9-26-3/h4,6-7,10H,5,8-9,11H2,1-3H3,(H,19,24). The van der Waals surface area contributed by atoms with E-state index in [2.05, 4.69) is 15.5 Å². The molecule has 1 N–H and O–H groups in total. The van der Waals surface area contributed by atoms with Crippen molar-refractivity contribution in [3.05, 3.63) is 40.7 Å². The fourth-order valence-corrected chi connectivity index (χ4v) is 2.45. The highest BCUT2D eigenvalue weighted by Crippen LogP contribution is 2.15. The second-order valence-electron chi connectivity index (χ2n) is 5.76. The molecule has 0 atom stereocenters. The molecule has 1 aromatic carbocycles. The minimum atomic E-state index is -0.372. The lowest BCUT2D eigenvalue weighted by Crippen LogP contribution is -2.39. The molecule has 8 nitrogen and oxygen atoms in total. The SMILES string of the molecule is COCCCNC(=O)CN(C)C(=O)c1nn(-c2cccc(Cl)c2)nc1C. The van der Waals surface area contributed by atoms with Gasteiger partial charge in [0.05, 0.1) is 17.9 Å². The Morgan fingerprint density at radius 1 is 1.35 bits per heavy atom. The number of likely N-dealkylation sites (N-methyl/N-ethyl adjacent to an activating group) is 1. The van der Waals surface area contributed by atoms with Crippen LogP contribution < -0.4 is 5.32 Å². The third-order valence-corrected chi connectivity index (χ3v) is 3.83. The van der Waals surface area contributed by atoms with E-state index in [0.717, 1.165) is 0 Å². The summed E-state index contributed by atoms with van der Waals surface area (Å²) >= 11 is 5.98. The Balaban J connectivity index is 2.01. The second-order valence-corrected chi connectivity index (χ2v) is 6.20. The van der Waals surface area contributed by atoms with E-state index in [-0.39, 0.29) is 24.1 Å². The molecule has 1 aromatic heterocycles. The molecule has 0 saturated carbocycles. The molecule has 0 spiro atoms. The van der Waals surface area contributed by atoms with E-state index < -0.39 is 0 Å². The van der Waals surface area contributed by atoms with Gasteiger partial charge in [0, 0.05) is 32.3 Å². The molecule has 0 aliphatic carbocycles. The molecule has 26 heavy (non-hydrogen) atoms. The third-order valence-electron chi connectivity index (χ3n) is 3.60. The Kier molecular flexibility index (Phi) is 7.11. The van der Waals surface area contributed by atoms with Crippen LogP contribution in [0.1, 0.15) is 22.6 Å². The van der Waals surface area contributed by atoms with Crippen molar-refractivity contribution >= 4 is 23.4 Å². The van der Waals surface area contributed by atoms with Crippen LogP contribution in [0.2, 0.25) is 5.02 Å². The van der Waals surface area contributed by atoms with Crippen molar-refractivity contribution in [1.82, 2.24) is 25.2 Å². The van der Waals surface area contributed by atoms with Gasteiger partial charge in [0.2, 0.25) is 5.91 Å². The lowest BCUT2D eigenvalue weighted by atomic mass is 10.3. The number of carbonyl (C=O) groups excluding carboxylic acids is 2. The first-order valence-corrected chi connectivity index (χ1v) is 8.51. The predicted molar refractivity (Wildman–Crippen MR) is 97.6 cm³/mol. The molecule has 140 valence electrons. The monoisotopic (exact) mass is 379 g/mol. The summed E-state index contributed by atoms with van der Waals surface area (Å²) < 4.78 is 4.92. The highest BCUT2D eigenvalue weighted by Gasteiger charge is 2.21. The van der Waals surface area contributed by atoms with Crippen LogP contribution in [0.25, 0.3) is 5.69 Å². The Hall–Kier alpha value is -2.45. The van der Waals surface area contributed by atoms with E-state index in [1.807, 2.05) is 0 Å². The summed E-state index contributed by atoms with van der Waals surface area (Å²) in [5, 5.41) is 11.8. The second kappa shape index (κ2) is 9.30. The van der Waals surface area contributed by atoms with Crippen molar-refractivity contribution in [1.29, 1.82) is 0 Å². The van der Waals surface area contributed by atoms with Crippen molar-refractivity contribution < 1.29 is 14.3 Å².